The van der Waals surface area contributed by atoms with Crippen molar-refractivity contribution in [2.24, 2.45) is 0 Å². The standard InChI is InChI=1S/C17H18N4O2/c1-3-23-15-10-11(8-9-14(15)22-2)16-19-17(21-20-16)12-6-4-5-7-13(12)18/h4-10H,3,18H2,1-2H3,(H,19,20,21). The minimum Gasteiger partial charge on any atom is -0.493 e. The Kier molecular flexibility index (Phi) is 4.14. The molecule has 0 atom stereocenters. The molecule has 1 heterocycles. The van der Waals surface area contributed by atoms with Crippen LogP contribution < -0.4 is 15.2 Å². The summed E-state index contributed by atoms with van der Waals surface area (Å²) in [4.78, 5) is 4.53. The van der Waals surface area contributed by atoms with Crippen LogP contribution in [0.1, 0.15) is 6.92 Å². The van der Waals surface area contributed by atoms with Crippen molar-refractivity contribution in [1.82, 2.24) is 15.2 Å². The van der Waals surface area contributed by atoms with E-state index in [2.05, 4.69) is 15.2 Å². The lowest BCUT2D eigenvalue weighted by atomic mass is 10.1. The molecule has 0 bridgehead atoms. The fraction of sp³-hybridized carbons (Fsp3) is 0.176. The molecule has 0 fully saturated rings. The first-order chi connectivity index (χ1) is 11.2. The number of nitrogens with zero attached hydrogens (tertiary/aromatic N) is 2. The summed E-state index contributed by atoms with van der Waals surface area (Å²) in [6, 6.07) is 13.1. The molecular formula is C17H18N4O2. The van der Waals surface area contributed by atoms with Crippen LogP contribution in [0.15, 0.2) is 42.5 Å². The third-order valence-corrected chi connectivity index (χ3v) is 3.42. The van der Waals surface area contributed by atoms with Crippen LogP contribution in [0.5, 0.6) is 11.5 Å². The molecule has 6 heteroatoms. The lowest BCUT2D eigenvalue weighted by molar-refractivity contribution is 0.311. The van der Waals surface area contributed by atoms with Crippen molar-refractivity contribution in [3.05, 3.63) is 42.5 Å². The summed E-state index contributed by atoms with van der Waals surface area (Å²) < 4.78 is 10.9. The molecule has 0 amide bonds. The third-order valence-electron chi connectivity index (χ3n) is 3.42. The van der Waals surface area contributed by atoms with Gasteiger partial charge in [0, 0.05) is 16.8 Å². The number of para-hydroxylation sites is 1. The third kappa shape index (κ3) is 2.96. The summed E-state index contributed by atoms with van der Waals surface area (Å²) in [5.74, 6) is 2.55. The minimum atomic E-state index is 0.555. The van der Waals surface area contributed by atoms with Crippen LogP contribution >= 0.6 is 0 Å². The smallest absolute Gasteiger partial charge is 0.181 e. The van der Waals surface area contributed by atoms with Gasteiger partial charge in [0.05, 0.1) is 13.7 Å². The van der Waals surface area contributed by atoms with Gasteiger partial charge in [-0.3, -0.25) is 5.10 Å². The van der Waals surface area contributed by atoms with Crippen molar-refractivity contribution in [1.29, 1.82) is 0 Å². The largest absolute Gasteiger partial charge is 0.493 e. The first-order valence-electron chi connectivity index (χ1n) is 7.31. The zero-order valence-corrected chi connectivity index (χ0v) is 13.0. The van der Waals surface area contributed by atoms with Crippen molar-refractivity contribution < 1.29 is 9.47 Å². The Morgan fingerprint density at radius 1 is 1.13 bits per heavy atom. The summed E-state index contributed by atoms with van der Waals surface area (Å²) in [6.07, 6.45) is 0. The Balaban J connectivity index is 1.97. The van der Waals surface area contributed by atoms with Gasteiger partial charge in [-0.15, -0.1) is 0 Å². The van der Waals surface area contributed by atoms with E-state index in [-0.39, 0.29) is 0 Å². The average molecular weight is 310 g/mol. The summed E-state index contributed by atoms with van der Waals surface area (Å²) in [7, 11) is 1.61. The number of rotatable bonds is 5. The minimum absolute atomic E-state index is 0.555. The number of anilines is 1. The van der Waals surface area contributed by atoms with Crippen molar-refractivity contribution in [2.75, 3.05) is 19.5 Å². The second kappa shape index (κ2) is 6.39. The lowest BCUT2D eigenvalue weighted by Crippen LogP contribution is -1.96. The summed E-state index contributed by atoms with van der Waals surface area (Å²) in [5.41, 5.74) is 8.29. The SMILES string of the molecule is CCOc1cc(-c2n[nH]c(-c3ccccc3N)n2)ccc1OC. The average Bonchev–Trinajstić information content (AvgIpc) is 3.05. The maximum atomic E-state index is 5.98. The summed E-state index contributed by atoms with van der Waals surface area (Å²) in [6.45, 7) is 2.48. The van der Waals surface area contributed by atoms with Crippen molar-refractivity contribution in [3.8, 4) is 34.3 Å². The molecule has 23 heavy (non-hydrogen) atoms. The van der Waals surface area contributed by atoms with Crippen LogP contribution in [-0.2, 0) is 0 Å². The molecule has 0 saturated heterocycles. The monoisotopic (exact) mass is 310 g/mol. The van der Waals surface area contributed by atoms with Gasteiger partial charge < -0.3 is 15.2 Å². The van der Waals surface area contributed by atoms with Crippen LogP contribution in [0.2, 0.25) is 0 Å². The van der Waals surface area contributed by atoms with Crippen molar-refractivity contribution in [3.63, 3.8) is 0 Å². The molecule has 3 aromatic rings. The highest BCUT2D eigenvalue weighted by Crippen LogP contribution is 2.32. The maximum Gasteiger partial charge on any atom is 0.181 e. The van der Waals surface area contributed by atoms with Crippen molar-refractivity contribution in [2.45, 2.75) is 6.92 Å². The highest BCUT2D eigenvalue weighted by atomic mass is 16.5. The maximum absolute atomic E-state index is 5.98. The first kappa shape index (κ1) is 14.9. The number of aromatic nitrogens is 3. The molecule has 0 radical (unpaired) electrons. The number of hydrogen-bond donors (Lipinski definition) is 2. The van der Waals surface area contributed by atoms with Gasteiger partial charge in [0.25, 0.3) is 0 Å². The predicted molar refractivity (Wildman–Crippen MR) is 89.4 cm³/mol. The fourth-order valence-electron chi connectivity index (χ4n) is 2.31. The Hall–Kier alpha value is -3.02. The van der Waals surface area contributed by atoms with Crippen LogP contribution in [0.3, 0.4) is 0 Å². The molecule has 0 aliphatic carbocycles. The number of nitrogen functional groups attached to an aromatic ring is 1. The number of nitrogens with two attached hydrogens (primary N) is 1. The van der Waals surface area contributed by atoms with E-state index in [1.807, 2.05) is 49.4 Å². The molecule has 118 valence electrons. The number of nitrogens with one attached hydrogen (secondary N) is 1. The molecule has 3 rings (SSSR count). The molecule has 3 N–H and O–H groups in total. The van der Waals surface area contributed by atoms with E-state index in [0.717, 1.165) is 11.1 Å². The highest BCUT2D eigenvalue weighted by Gasteiger charge is 2.12. The second-order valence-corrected chi connectivity index (χ2v) is 4.89. The quantitative estimate of drug-likeness (QED) is 0.707. The second-order valence-electron chi connectivity index (χ2n) is 4.89. The number of hydrogen-bond acceptors (Lipinski definition) is 5. The fourth-order valence-corrected chi connectivity index (χ4v) is 2.31. The van der Waals surface area contributed by atoms with E-state index in [1.54, 1.807) is 7.11 Å². The lowest BCUT2D eigenvalue weighted by Gasteiger charge is -2.09. The number of aromatic amines is 1. The van der Waals surface area contributed by atoms with Crippen LogP contribution in [-0.4, -0.2) is 28.9 Å². The van der Waals surface area contributed by atoms with Crippen molar-refractivity contribution >= 4 is 5.69 Å². The van der Waals surface area contributed by atoms with Gasteiger partial charge >= 0.3 is 0 Å². The van der Waals surface area contributed by atoms with Crippen LogP contribution in [0, 0.1) is 0 Å². The summed E-state index contributed by atoms with van der Waals surface area (Å²) in [5, 5.41) is 7.20. The number of benzene rings is 2. The first-order valence-corrected chi connectivity index (χ1v) is 7.31. The molecule has 0 aliphatic heterocycles. The molecule has 0 spiro atoms. The number of ether oxygens (including phenoxy) is 2. The van der Waals surface area contributed by atoms with E-state index in [9.17, 15) is 0 Å². The van der Waals surface area contributed by atoms with Gasteiger partial charge in [0.15, 0.2) is 23.1 Å². The molecular weight excluding hydrogens is 292 g/mol. The van der Waals surface area contributed by atoms with Gasteiger partial charge in [0.2, 0.25) is 0 Å². The van der Waals surface area contributed by atoms with Crippen LogP contribution in [0.4, 0.5) is 5.69 Å². The number of H-pyrrole nitrogens is 1. The van der Waals surface area contributed by atoms with E-state index < -0.39 is 0 Å². The normalized spacial score (nSPS) is 10.5. The Labute approximate surface area is 134 Å². The molecule has 0 aliphatic rings. The zero-order chi connectivity index (χ0) is 16.2. The van der Waals surface area contributed by atoms with Gasteiger partial charge in [-0.2, -0.15) is 5.10 Å². The molecule has 0 unspecified atom stereocenters. The van der Waals surface area contributed by atoms with Gasteiger partial charge in [-0.1, -0.05) is 12.1 Å². The van der Waals surface area contributed by atoms with Gasteiger partial charge in [-0.05, 0) is 37.3 Å². The van der Waals surface area contributed by atoms with Gasteiger partial charge in [-0.25, -0.2) is 4.98 Å². The Bertz CT molecular complexity index is 814. The van der Waals surface area contributed by atoms with E-state index in [4.69, 9.17) is 15.2 Å². The van der Waals surface area contributed by atoms with Gasteiger partial charge in [0.1, 0.15) is 0 Å². The molecule has 1 aromatic heterocycles. The molecule has 0 saturated carbocycles. The highest BCUT2D eigenvalue weighted by molar-refractivity contribution is 5.72. The topological polar surface area (TPSA) is 86.0 Å². The van der Waals surface area contributed by atoms with Crippen LogP contribution in [0.25, 0.3) is 22.8 Å². The molecule has 2 aromatic carbocycles. The van der Waals surface area contributed by atoms with E-state index in [1.165, 1.54) is 0 Å². The van der Waals surface area contributed by atoms with E-state index >= 15 is 0 Å². The zero-order valence-electron chi connectivity index (χ0n) is 13.0. The van der Waals surface area contributed by atoms with E-state index in [0.29, 0.717) is 35.4 Å². The predicted octanol–water partition coefficient (Wildman–Crippen LogP) is 3.13. The molecule has 6 nitrogen and oxygen atoms in total. The summed E-state index contributed by atoms with van der Waals surface area (Å²) >= 11 is 0. The Morgan fingerprint density at radius 3 is 2.70 bits per heavy atom. The number of methoxy groups -OCH3 is 1. The Morgan fingerprint density at radius 2 is 1.96 bits per heavy atom.